The number of nitrogens with one attached hydrogen (secondary N) is 1. The van der Waals surface area contributed by atoms with E-state index in [1.807, 2.05) is 0 Å². The Hall–Kier alpha value is -3.25. The van der Waals surface area contributed by atoms with Crippen LogP contribution in [0.4, 0.5) is 13.2 Å². The molecule has 1 aliphatic rings. The Morgan fingerprint density at radius 3 is 2.55 bits per heavy atom. The van der Waals surface area contributed by atoms with Gasteiger partial charge in [-0.2, -0.15) is 21.6 Å². The van der Waals surface area contributed by atoms with Gasteiger partial charge in [-0.25, -0.2) is 13.8 Å². The second-order valence-corrected chi connectivity index (χ2v) is 8.47. The highest BCUT2D eigenvalue weighted by Crippen LogP contribution is 2.35. The van der Waals surface area contributed by atoms with Crippen LogP contribution in [0.3, 0.4) is 0 Å². The van der Waals surface area contributed by atoms with Gasteiger partial charge in [-0.3, -0.25) is 4.98 Å². The van der Waals surface area contributed by atoms with Gasteiger partial charge in [-0.1, -0.05) is 6.08 Å². The minimum atomic E-state index is -4.69. The molecule has 0 saturated carbocycles. The second-order valence-electron chi connectivity index (χ2n) is 6.74. The summed E-state index contributed by atoms with van der Waals surface area (Å²) in [6, 6.07) is 4.12. The number of aromatic carboxylic acids is 1. The smallest absolute Gasteiger partial charge is 0.417 e. The number of nitrogens with zero attached hydrogens (tertiary/aromatic N) is 3. The van der Waals surface area contributed by atoms with E-state index in [9.17, 15) is 31.5 Å². The predicted octanol–water partition coefficient (Wildman–Crippen LogP) is 2.76. The number of alkyl halides is 3. The fraction of sp³-hybridized carbons (Fsp3) is 0.211. The second kappa shape index (κ2) is 7.46. The summed E-state index contributed by atoms with van der Waals surface area (Å²) in [4.78, 5) is 19.8. The van der Waals surface area contributed by atoms with E-state index in [0.29, 0.717) is 47.4 Å². The SMILES string of the molecule is O=C(O)c1c(C2=CCNCC2)c2ncccc2n1S(=O)(=O)c1ccc(C(F)(F)F)cn1. The van der Waals surface area contributed by atoms with Crippen molar-refractivity contribution < 1.29 is 31.5 Å². The Labute approximate surface area is 174 Å². The largest absolute Gasteiger partial charge is 0.477 e. The summed E-state index contributed by atoms with van der Waals surface area (Å²) >= 11 is 0. The van der Waals surface area contributed by atoms with Gasteiger partial charge in [0.05, 0.1) is 16.6 Å². The van der Waals surface area contributed by atoms with Gasteiger partial charge >= 0.3 is 12.1 Å². The number of carboxylic acids is 1. The fourth-order valence-corrected chi connectivity index (χ4v) is 4.91. The Kier molecular flexibility index (Phi) is 5.06. The van der Waals surface area contributed by atoms with Gasteiger partial charge in [0.25, 0.3) is 10.0 Å². The first kappa shape index (κ1) is 21.0. The van der Waals surface area contributed by atoms with Crippen molar-refractivity contribution >= 4 is 32.6 Å². The number of carbonyl (C=O) groups is 1. The number of fused-ring (bicyclic) bond motifs is 1. The van der Waals surface area contributed by atoms with Gasteiger partial charge in [0, 0.05) is 24.5 Å². The molecular weight excluding hydrogens is 437 g/mol. The van der Waals surface area contributed by atoms with Gasteiger partial charge in [-0.05, 0) is 42.8 Å². The number of halogens is 3. The number of hydrogen-bond acceptors (Lipinski definition) is 6. The van der Waals surface area contributed by atoms with Gasteiger partial charge in [-0.15, -0.1) is 0 Å². The fourth-order valence-electron chi connectivity index (χ4n) is 3.48. The lowest BCUT2D eigenvalue weighted by Gasteiger charge is -2.15. The van der Waals surface area contributed by atoms with E-state index in [4.69, 9.17) is 0 Å². The molecule has 4 rings (SSSR count). The quantitative estimate of drug-likeness (QED) is 0.626. The number of hydrogen-bond donors (Lipinski definition) is 2. The Bertz CT molecular complexity index is 1310. The van der Waals surface area contributed by atoms with Crippen molar-refractivity contribution in [1.29, 1.82) is 0 Å². The maximum absolute atomic E-state index is 13.3. The number of carboxylic acid groups (broad SMARTS) is 1. The van der Waals surface area contributed by atoms with Gasteiger partial charge in [0.1, 0.15) is 0 Å². The van der Waals surface area contributed by atoms with Crippen molar-refractivity contribution in [2.24, 2.45) is 0 Å². The Morgan fingerprint density at radius 2 is 1.97 bits per heavy atom. The zero-order valence-electron chi connectivity index (χ0n) is 15.7. The van der Waals surface area contributed by atoms with Crippen LogP contribution in [0.2, 0.25) is 0 Å². The topological polar surface area (TPSA) is 114 Å². The lowest BCUT2D eigenvalue weighted by atomic mass is 9.99. The molecule has 1 aliphatic heterocycles. The van der Waals surface area contributed by atoms with Crippen LogP contribution >= 0.6 is 0 Å². The van der Waals surface area contributed by atoms with Crippen LogP contribution in [0.5, 0.6) is 0 Å². The van der Waals surface area contributed by atoms with Gasteiger partial charge < -0.3 is 10.4 Å². The number of pyridine rings is 2. The zero-order valence-corrected chi connectivity index (χ0v) is 16.5. The summed E-state index contributed by atoms with van der Waals surface area (Å²) in [6.07, 6.45) is -0.679. The molecule has 2 N–H and O–H groups in total. The van der Waals surface area contributed by atoms with E-state index in [1.165, 1.54) is 18.3 Å². The molecule has 0 amide bonds. The van der Waals surface area contributed by atoms with Crippen molar-refractivity contribution in [3.8, 4) is 0 Å². The average Bonchev–Trinajstić information content (AvgIpc) is 3.10. The molecule has 8 nitrogen and oxygen atoms in total. The highest BCUT2D eigenvalue weighted by atomic mass is 32.2. The molecule has 162 valence electrons. The highest BCUT2D eigenvalue weighted by molar-refractivity contribution is 7.90. The van der Waals surface area contributed by atoms with Crippen molar-refractivity contribution in [2.45, 2.75) is 17.6 Å². The van der Waals surface area contributed by atoms with Crippen LogP contribution in [0.15, 0.2) is 47.8 Å². The van der Waals surface area contributed by atoms with Crippen LogP contribution < -0.4 is 5.32 Å². The first-order chi connectivity index (χ1) is 14.6. The monoisotopic (exact) mass is 452 g/mol. The van der Waals surface area contributed by atoms with Crippen LogP contribution in [-0.4, -0.2) is 46.5 Å². The minimum Gasteiger partial charge on any atom is -0.477 e. The van der Waals surface area contributed by atoms with Crippen molar-refractivity contribution in [2.75, 3.05) is 13.1 Å². The lowest BCUT2D eigenvalue weighted by Crippen LogP contribution is -2.22. The van der Waals surface area contributed by atoms with Crippen LogP contribution in [-0.2, 0) is 16.2 Å². The maximum atomic E-state index is 13.3. The first-order valence-electron chi connectivity index (χ1n) is 9.04. The molecule has 0 fully saturated rings. The van der Waals surface area contributed by atoms with Crippen LogP contribution in [0, 0.1) is 0 Å². The van der Waals surface area contributed by atoms with E-state index in [1.54, 1.807) is 6.08 Å². The first-order valence-corrected chi connectivity index (χ1v) is 10.5. The number of rotatable bonds is 4. The van der Waals surface area contributed by atoms with E-state index in [-0.39, 0.29) is 16.6 Å². The third-order valence-corrected chi connectivity index (χ3v) is 6.47. The van der Waals surface area contributed by atoms with Crippen LogP contribution in [0.25, 0.3) is 16.6 Å². The molecule has 0 aromatic carbocycles. The van der Waals surface area contributed by atoms with Crippen molar-refractivity contribution in [3.63, 3.8) is 0 Å². The van der Waals surface area contributed by atoms with Gasteiger partial charge in [0.15, 0.2) is 10.7 Å². The molecule has 4 heterocycles. The zero-order chi connectivity index (χ0) is 22.4. The molecule has 12 heteroatoms. The molecule has 0 spiro atoms. The molecule has 0 atom stereocenters. The summed E-state index contributed by atoms with van der Waals surface area (Å²) in [6.45, 7) is 1.04. The Balaban J connectivity index is 2.00. The average molecular weight is 452 g/mol. The highest BCUT2D eigenvalue weighted by Gasteiger charge is 2.35. The summed E-state index contributed by atoms with van der Waals surface area (Å²) in [5.74, 6) is -1.51. The van der Waals surface area contributed by atoms with E-state index in [2.05, 4.69) is 15.3 Å². The third kappa shape index (κ3) is 3.57. The molecule has 0 saturated heterocycles. The normalized spacial score (nSPS) is 15.1. The molecular formula is C19H15F3N4O4S. The van der Waals surface area contributed by atoms with E-state index in [0.717, 1.165) is 0 Å². The summed E-state index contributed by atoms with van der Waals surface area (Å²) < 4.78 is 65.7. The third-order valence-electron chi connectivity index (χ3n) is 4.84. The van der Waals surface area contributed by atoms with Crippen molar-refractivity contribution in [3.05, 3.63) is 59.6 Å². The van der Waals surface area contributed by atoms with E-state index >= 15 is 0 Å². The molecule has 3 aromatic heterocycles. The number of aromatic nitrogens is 3. The maximum Gasteiger partial charge on any atom is 0.417 e. The summed E-state index contributed by atoms with van der Waals surface area (Å²) in [5, 5.41) is 12.3. The molecule has 0 unspecified atom stereocenters. The van der Waals surface area contributed by atoms with Crippen LogP contribution in [0.1, 0.15) is 28.0 Å². The predicted molar refractivity (Wildman–Crippen MR) is 104 cm³/mol. The molecule has 31 heavy (non-hydrogen) atoms. The minimum absolute atomic E-state index is 0.00368. The van der Waals surface area contributed by atoms with E-state index < -0.39 is 38.5 Å². The molecule has 3 aromatic rings. The molecule has 0 bridgehead atoms. The lowest BCUT2D eigenvalue weighted by molar-refractivity contribution is -0.137. The van der Waals surface area contributed by atoms with Gasteiger partial charge in [0.2, 0.25) is 0 Å². The Morgan fingerprint density at radius 1 is 1.19 bits per heavy atom. The summed E-state index contributed by atoms with van der Waals surface area (Å²) in [5.41, 5.74) is -0.707. The molecule has 0 radical (unpaired) electrons. The van der Waals surface area contributed by atoms with Crippen molar-refractivity contribution in [1.82, 2.24) is 19.3 Å². The standard InChI is InChI=1S/C19H15F3N4O4S/c20-19(21,22)12-3-4-14(25-10-12)31(29,30)26-13-2-1-7-24-16(13)15(17(26)18(27)28)11-5-8-23-9-6-11/h1-5,7,10,23H,6,8-9H2,(H,27,28). The summed E-state index contributed by atoms with van der Waals surface area (Å²) in [7, 11) is -4.65. The molecule has 0 aliphatic carbocycles.